The molecule has 0 saturated heterocycles. The van der Waals surface area contributed by atoms with E-state index in [1.165, 1.54) is 22.3 Å². The second-order valence-corrected chi connectivity index (χ2v) is 4.88. The molecule has 2 aromatic heterocycles. The van der Waals surface area contributed by atoms with Gasteiger partial charge in [0.15, 0.2) is 0 Å². The molecule has 0 bridgehead atoms. The summed E-state index contributed by atoms with van der Waals surface area (Å²) in [6.45, 7) is 6.38. The van der Waals surface area contributed by atoms with Crippen LogP contribution < -0.4 is 0 Å². The SMILES string of the molecule is Cc1ccc2ncc(-c3ccc(C)c(C)c3)n2c1. The van der Waals surface area contributed by atoms with Crippen LogP contribution in [0.25, 0.3) is 16.9 Å². The van der Waals surface area contributed by atoms with Crippen LogP contribution >= 0.6 is 0 Å². The second-order valence-electron chi connectivity index (χ2n) is 4.88. The number of fused-ring (bicyclic) bond motifs is 1. The van der Waals surface area contributed by atoms with Gasteiger partial charge >= 0.3 is 0 Å². The number of nitrogens with zero attached hydrogens (tertiary/aromatic N) is 2. The maximum Gasteiger partial charge on any atom is 0.137 e. The Balaban J connectivity index is 2.24. The summed E-state index contributed by atoms with van der Waals surface area (Å²) in [7, 11) is 0. The highest BCUT2D eigenvalue weighted by atomic mass is 15.0. The van der Waals surface area contributed by atoms with Gasteiger partial charge in [-0.05, 0) is 49.6 Å². The summed E-state index contributed by atoms with van der Waals surface area (Å²) < 4.78 is 2.15. The summed E-state index contributed by atoms with van der Waals surface area (Å²) in [5, 5.41) is 0. The molecule has 18 heavy (non-hydrogen) atoms. The van der Waals surface area contributed by atoms with Crippen molar-refractivity contribution >= 4 is 5.65 Å². The molecule has 0 amide bonds. The van der Waals surface area contributed by atoms with Gasteiger partial charge in [-0.1, -0.05) is 18.2 Å². The molecular formula is C16H16N2. The summed E-state index contributed by atoms with van der Waals surface area (Å²) in [6, 6.07) is 10.7. The van der Waals surface area contributed by atoms with Gasteiger partial charge in [-0.25, -0.2) is 4.98 Å². The molecule has 0 aliphatic rings. The van der Waals surface area contributed by atoms with Crippen LogP contribution in [-0.4, -0.2) is 9.38 Å². The van der Waals surface area contributed by atoms with Gasteiger partial charge in [0.25, 0.3) is 0 Å². The molecule has 0 fully saturated rings. The Morgan fingerprint density at radius 2 is 1.78 bits per heavy atom. The van der Waals surface area contributed by atoms with Crippen molar-refractivity contribution in [2.45, 2.75) is 20.8 Å². The van der Waals surface area contributed by atoms with Crippen LogP contribution in [0.5, 0.6) is 0 Å². The molecule has 2 nitrogen and oxygen atoms in total. The maximum atomic E-state index is 4.45. The van der Waals surface area contributed by atoms with Crippen LogP contribution in [0.3, 0.4) is 0 Å². The van der Waals surface area contributed by atoms with E-state index in [1.54, 1.807) is 0 Å². The Morgan fingerprint density at radius 1 is 0.944 bits per heavy atom. The second kappa shape index (κ2) is 3.98. The van der Waals surface area contributed by atoms with Crippen LogP contribution in [0.2, 0.25) is 0 Å². The van der Waals surface area contributed by atoms with Gasteiger partial charge in [-0.15, -0.1) is 0 Å². The molecule has 0 saturated carbocycles. The number of imidazole rings is 1. The third-order valence-corrected chi connectivity index (χ3v) is 3.46. The first-order chi connectivity index (χ1) is 8.65. The van der Waals surface area contributed by atoms with Gasteiger partial charge in [0.2, 0.25) is 0 Å². The number of rotatable bonds is 1. The third-order valence-electron chi connectivity index (χ3n) is 3.46. The predicted molar refractivity (Wildman–Crippen MR) is 74.8 cm³/mol. The Bertz CT molecular complexity index is 723. The summed E-state index contributed by atoms with van der Waals surface area (Å²) in [5.74, 6) is 0. The zero-order valence-electron chi connectivity index (χ0n) is 10.9. The molecule has 2 heterocycles. The number of hydrogen-bond donors (Lipinski definition) is 0. The summed E-state index contributed by atoms with van der Waals surface area (Å²) in [5.41, 5.74) is 7.24. The third kappa shape index (κ3) is 1.70. The minimum Gasteiger partial charge on any atom is -0.299 e. The molecule has 0 aliphatic heterocycles. The molecule has 0 aliphatic carbocycles. The van der Waals surface area contributed by atoms with Gasteiger partial charge in [0, 0.05) is 11.8 Å². The minimum absolute atomic E-state index is 0.994. The zero-order chi connectivity index (χ0) is 12.7. The van der Waals surface area contributed by atoms with E-state index >= 15 is 0 Å². The van der Waals surface area contributed by atoms with Crippen molar-refractivity contribution in [2.24, 2.45) is 0 Å². The molecule has 3 rings (SSSR count). The van der Waals surface area contributed by atoms with Crippen molar-refractivity contribution < 1.29 is 0 Å². The van der Waals surface area contributed by atoms with Gasteiger partial charge in [0.1, 0.15) is 5.65 Å². The van der Waals surface area contributed by atoms with Crippen molar-refractivity contribution in [3.05, 3.63) is 59.4 Å². The normalized spacial score (nSPS) is 11.1. The number of pyridine rings is 1. The van der Waals surface area contributed by atoms with E-state index in [0.717, 1.165) is 11.3 Å². The molecule has 0 radical (unpaired) electrons. The van der Waals surface area contributed by atoms with E-state index in [0.29, 0.717) is 0 Å². The van der Waals surface area contributed by atoms with E-state index in [-0.39, 0.29) is 0 Å². The first kappa shape index (κ1) is 11.0. The van der Waals surface area contributed by atoms with Crippen LogP contribution in [-0.2, 0) is 0 Å². The molecule has 3 aromatic rings. The summed E-state index contributed by atoms with van der Waals surface area (Å²) in [4.78, 5) is 4.45. The summed E-state index contributed by atoms with van der Waals surface area (Å²) in [6.07, 6.45) is 4.08. The highest BCUT2D eigenvalue weighted by molar-refractivity contribution is 5.65. The highest BCUT2D eigenvalue weighted by Crippen LogP contribution is 2.23. The zero-order valence-corrected chi connectivity index (χ0v) is 10.9. The number of benzene rings is 1. The molecule has 0 atom stereocenters. The Morgan fingerprint density at radius 3 is 2.56 bits per heavy atom. The smallest absolute Gasteiger partial charge is 0.137 e. The van der Waals surface area contributed by atoms with Crippen LogP contribution in [0.1, 0.15) is 16.7 Å². The molecule has 1 aromatic carbocycles. The fraction of sp³-hybridized carbons (Fsp3) is 0.188. The number of hydrogen-bond acceptors (Lipinski definition) is 1. The first-order valence-corrected chi connectivity index (χ1v) is 6.16. The average molecular weight is 236 g/mol. The maximum absolute atomic E-state index is 4.45. The molecule has 0 N–H and O–H groups in total. The first-order valence-electron chi connectivity index (χ1n) is 6.16. The van der Waals surface area contributed by atoms with Crippen molar-refractivity contribution in [1.29, 1.82) is 0 Å². The monoisotopic (exact) mass is 236 g/mol. The molecule has 0 unspecified atom stereocenters. The van der Waals surface area contributed by atoms with Crippen molar-refractivity contribution in [1.82, 2.24) is 9.38 Å². The molecule has 0 spiro atoms. The minimum atomic E-state index is 0.994. The number of aromatic nitrogens is 2. The van der Waals surface area contributed by atoms with E-state index in [1.807, 2.05) is 6.20 Å². The predicted octanol–water partition coefficient (Wildman–Crippen LogP) is 3.93. The molecular weight excluding hydrogens is 220 g/mol. The van der Waals surface area contributed by atoms with Crippen LogP contribution in [0, 0.1) is 20.8 Å². The van der Waals surface area contributed by atoms with Crippen molar-refractivity contribution in [3.8, 4) is 11.3 Å². The topological polar surface area (TPSA) is 17.3 Å². The standard InChI is InChI=1S/C16H16N2/c1-11-4-7-16-17-9-15(18(16)10-11)14-6-5-12(2)13(3)8-14/h4-10H,1-3H3. The lowest BCUT2D eigenvalue weighted by molar-refractivity contribution is 1.16. The van der Waals surface area contributed by atoms with E-state index < -0.39 is 0 Å². The lowest BCUT2D eigenvalue weighted by Gasteiger charge is -2.06. The van der Waals surface area contributed by atoms with Gasteiger partial charge < -0.3 is 0 Å². The lowest BCUT2D eigenvalue weighted by atomic mass is 10.0. The molecule has 2 heteroatoms. The average Bonchev–Trinajstić information content (AvgIpc) is 2.75. The fourth-order valence-electron chi connectivity index (χ4n) is 2.20. The molecule has 90 valence electrons. The lowest BCUT2D eigenvalue weighted by Crippen LogP contribution is -1.90. The highest BCUT2D eigenvalue weighted by Gasteiger charge is 2.06. The fourth-order valence-corrected chi connectivity index (χ4v) is 2.20. The Kier molecular flexibility index (Phi) is 2.44. The van der Waals surface area contributed by atoms with Gasteiger partial charge in [0.05, 0.1) is 11.9 Å². The van der Waals surface area contributed by atoms with Crippen LogP contribution in [0.4, 0.5) is 0 Å². The number of aryl methyl sites for hydroxylation is 3. The Labute approximate surface area is 107 Å². The van der Waals surface area contributed by atoms with E-state index in [2.05, 4.69) is 66.7 Å². The van der Waals surface area contributed by atoms with Crippen molar-refractivity contribution in [3.63, 3.8) is 0 Å². The quantitative estimate of drug-likeness (QED) is 0.626. The Hall–Kier alpha value is -2.09. The van der Waals surface area contributed by atoms with E-state index in [4.69, 9.17) is 0 Å². The van der Waals surface area contributed by atoms with Gasteiger partial charge in [-0.3, -0.25) is 4.40 Å². The largest absolute Gasteiger partial charge is 0.299 e. The summed E-state index contributed by atoms with van der Waals surface area (Å²) >= 11 is 0. The van der Waals surface area contributed by atoms with E-state index in [9.17, 15) is 0 Å². The van der Waals surface area contributed by atoms with Gasteiger partial charge in [-0.2, -0.15) is 0 Å². The van der Waals surface area contributed by atoms with Crippen LogP contribution in [0.15, 0.2) is 42.7 Å². The van der Waals surface area contributed by atoms with Crippen molar-refractivity contribution in [2.75, 3.05) is 0 Å².